The van der Waals surface area contributed by atoms with Crippen molar-refractivity contribution < 1.29 is 37.7 Å². The molecule has 2 aromatic carbocycles. The first kappa shape index (κ1) is 29.4. The van der Waals surface area contributed by atoms with Crippen LogP contribution in [0.5, 0.6) is 11.5 Å². The second-order valence-corrected chi connectivity index (χ2v) is 10.4. The van der Waals surface area contributed by atoms with Crippen molar-refractivity contribution >= 4 is 22.6 Å². The number of hydrogen-bond acceptors (Lipinski definition) is 7. The fourth-order valence-corrected chi connectivity index (χ4v) is 5.27. The van der Waals surface area contributed by atoms with E-state index in [4.69, 9.17) is 9.47 Å². The third-order valence-corrected chi connectivity index (χ3v) is 7.70. The molecule has 1 unspecified atom stereocenters. The lowest BCUT2D eigenvalue weighted by molar-refractivity contribution is -0.153. The monoisotopic (exact) mass is 561 g/mol. The van der Waals surface area contributed by atoms with Gasteiger partial charge in [0.15, 0.2) is 11.6 Å². The van der Waals surface area contributed by atoms with E-state index in [9.17, 15) is 28.2 Å². The van der Waals surface area contributed by atoms with E-state index < -0.39 is 40.7 Å². The molecule has 11 heteroatoms. The molecule has 1 aliphatic rings. The van der Waals surface area contributed by atoms with Crippen LogP contribution in [0.2, 0.25) is 0 Å². The molecule has 216 valence electrons. The molecule has 1 aromatic heterocycles. The Morgan fingerprint density at radius 2 is 1.90 bits per heavy atom. The Kier molecular flexibility index (Phi) is 9.05. The van der Waals surface area contributed by atoms with Gasteiger partial charge in [0.05, 0.1) is 36.0 Å². The van der Waals surface area contributed by atoms with Crippen LogP contribution in [0, 0.1) is 22.9 Å². The minimum atomic E-state index is -1.32. The van der Waals surface area contributed by atoms with Gasteiger partial charge in [-0.3, -0.25) is 14.7 Å². The van der Waals surface area contributed by atoms with Crippen molar-refractivity contribution in [2.75, 3.05) is 52.3 Å². The largest absolute Gasteiger partial charge is 0.497 e. The number of likely N-dealkylation sites (tertiary alicyclic amines) is 1. The Hall–Kier alpha value is -3.57. The number of aliphatic hydroxyl groups is 1. The van der Waals surface area contributed by atoms with Gasteiger partial charge in [0, 0.05) is 43.7 Å². The SMILES string of the molecule is COc1ccc2ncc(N(C)C)c(C(O)CCC3(C(=O)O)CCN(CCOc4cc(F)cc(F)c4F)CC3)c2c1. The van der Waals surface area contributed by atoms with Crippen LogP contribution < -0.4 is 14.4 Å². The second kappa shape index (κ2) is 12.3. The molecule has 0 spiro atoms. The zero-order chi connectivity index (χ0) is 29.0. The zero-order valence-corrected chi connectivity index (χ0v) is 22.8. The maximum atomic E-state index is 13.8. The van der Waals surface area contributed by atoms with Crippen LogP contribution in [-0.2, 0) is 4.79 Å². The first-order valence-electron chi connectivity index (χ1n) is 13.1. The number of halogens is 3. The van der Waals surface area contributed by atoms with Crippen LogP contribution in [0.3, 0.4) is 0 Å². The Labute approximate surface area is 230 Å². The molecule has 0 saturated carbocycles. The molecule has 0 radical (unpaired) electrons. The van der Waals surface area contributed by atoms with E-state index in [0.717, 1.165) is 17.1 Å². The van der Waals surface area contributed by atoms with E-state index in [2.05, 4.69) is 4.98 Å². The van der Waals surface area contributed by atoms with E-state index in [1.807, 2.05) is 36.0 Å². The Morgan fingerprint density at radius 1 is 1.18 bits per heavy atom. The van der Waals surface area contributed by atoms with E-state index in [1.54, 1.807) is 19.4 Å². The number of hydrogen-bond donors (Lipinski definition) is 2. The molecular weight excluding hydrogens is 527 g/mol. The average Bonchev–Trinajstić information content (AvgIpc) is 2.93. The predicted molar refractivity (Wildman–Crippen MR) is 144 cm³/mol. The number of aromatic nitrogens is 1. The molecule has 1 atom stereocenters. The maximum Gasteiger partial charge on any atom is 0.309 e. The number of carboxylic acid groups (broad SMARTS) is 1. The number of aliphatic hydroxyl groups excluding tert-OH is 1. The van der Waals surface area contributed by atoms with Crippen molar-refractivity contribution in [1.29, 1.82) is 0 Å². The number of piperidine rings is 1. The van der Waals surface area contributed by atoms with Crippen molar-refractivity contribution in [3.63, 3.8) is 0 Å². The summed E-state index contributed by atoms with van der Waals surface area (Å²) in [6.45, 7) is 1.23. The molecule has 0 amide bonds. The van der Waals surface area contributed by atoms with Gasteiger partial charge in [-0.1, -0.05) is 0 Å². The second-order valence-electron chi connectivity index (χ2n) is 10.4. The topological polar surface area (TPSA) is 95.4 Å². The number of benzene rings is 2. The van der Waals surface area contributed by atoms with Crippen LogP contribution in [0.25, 0.3) is 10.9 Å². The lowest BCUT2D eigenvalue weighted by atomic mass is 9.74. The molecule has 1 aliphatic heterocycles. The highest BCUT2D eigenvalue weighted by Gasteiger charge is 2.41. The van der Waals surface area contributed by atoms with Gasteiger partial charge in [0.2, 0.25) is 5.82 Å². The number of pyridine rings is 1. The van der Waals surface area contributed by atoms with Crippen LogP contribution in [0.4, 0.5) is 18.9 Å². The number of fused-ring (bicyclic) bond motifs is 1. The molecular formula is C29H34F3N3O5. The number of rotatable bonds is 11. The highest BCUT2D eigenvalue weighted by Crippen LogP contribution is 2.41. The summed E-state index contributed by atoms with van der Waals surface area (Å²) in [6, 6.07) is 6.68. The third kappa shape index (κ3) is 6.26. The molecule has 40 heavy (non-hydrogen) atoms. The first-order valence-corrected chi connectivity index (χ1v) is 13.1. The van der Waals surface area contributed by atoms with Gasteiger partial charge in [-0.05, 0) is 57.0 Å². The van der Waals surface area contributed by atoms with Gasteiger partial charge in [-0.25, -0.2) is 8.78 Å². The molecule has 3 aromatic rings. The van der Waals surface area contributed by atoms with Crippen molar-refractivity contribution in [3.8, 4) is 11.5 Å². The lowest BCUT2D eigenvalue weighted by Crippen LogP contribution is -2.45. The molecule has 1 saturated heterocycles. The predicted octanol–water partition coefficient (Wildman–Crippen LogP) is 4.79. The molecule has 8 nitrogen and oxygen atoms in total. The van der Waals surface area contributed by atoms with Gasteiger partial charge >= 0.3 is 5.97 Å². The average molecular weight is 562 g/mol. The summed E-state index contributed by atoms with van der Waals surface area (Å²) in [5.41, 5.74) is 1.09. The van der Waals surface area contributed by atoms with E-state index in [-0.39, 0.29) is 19.4 Å². The van der Waals surface area contributed by atoms with Crippen LogP contribution in [0.15, 0.2) is 36.5 Å². The number of ether oxygens (including phenoxy) is 2. The summed E-state index contributed by atoms with van der Waals surface area (Å²) in [7, 11) is 5.28. The minimum absolute atomic E-state index is 0.00943. The summed E-state index contributed by atoms with van der Waals surface area (Å²) in [6.07, 6.45) is 1.97. The lowest BCUT2D eigenvalue weighted by Gasteiger charge is -2.39. The Bertz CT molecular complexity index is 1360. The molecule has 0 aliphatic carbocycles. The van der Waals surface area contributed by atoms with Crippen LogP contribution >= 0.6 is 0 Å². The molecule has 0 bridgehead atoms. The number of anilines is 1. The van der Waals surface area contributed by atoms with Crippen LogP contribution in [-0.4, -0.2) is 73.5 Å². The van der Waals surface area contributed by atoms with Crippen molar-refractivity contribution in [3.05, 3.63) is 59.5 Å². The molecule has 2 heterocycles. The highest BCUT2D eigenvalue weighted by molar-refractivity contribution is 5.88. The third-order valence-electron chi connectivity index (χ3n) is 7.70. The van der Waals surface area contributed by atoms with E-state index >= 15 is 0 Å². The van der Waals surface area contributed by atoms with Gasteiger partial charge in [-0.2, -0.15) is 4.39 Å². The Morgan fingerprint density at radius 3 is 2.55 bits per heavy atom. The van der Waals surface area contributed by atoms with Gasteiger partial charge in [0.25, 0.3) is 0 Å². The minimum Gasteiger partial charge on any atom is -0.497 e. The molecule has 2 N–H and O–H groups in total. The van der Waals surface area contributed by atoms with Gasteiger partial charge in [-0.15, -0.1) is 0 Å². The van der Waals surface area contributed by atoms with Gasteiger partial charge in [0.1, 0.15) is 18.2 Å². The maximum absolute atomic E-state index is 13.8. The molecule has 4 rings (SSSR count). The van der Waals surface area contributed by atoms with E-state index in [1.165, 1.54) is 0 Å². The summed E-state index contributed by atoms with van der Waals surface area (Å²) in [5, 5.41) is 22.3. The summed E-state index contributed by atoms with van der Waals surface area (Å²) in [4.78, 5) is 20.8. The zero-order valence-electron chi connectivity index (χ0n) is 22.8. The van der Waals surface area contributed by atoms with E-state index in [0.29, 0.717) is 55.4 Å². The quantitative estimate of drug-likeness (QED) is 0.323. The van der Waals surface area contributed by atoms with Gasteiger partial charge < -0.3 is 24.6 Å². The fourth-order valence-electron chi connectivity index (χ4n) is 5.27. The van der Waals surface area contributed by atoms with Crippen molar-refractivity contribution in [2.45, 2.75) is 31.8 Å². The normalized spacial score (nSPS) is 16.1. The summed E-state index contributed by atoms with van der Waals surface area (Å²) < 4.78 is 51.2. The number of carboxylic acids is 1. The Balaban J connectivity index is 1.41. The van der Waals surface area contributed by atoms with Crippen LogP contribution in [0.1, 0.15) is 37.4 Å². The number of nitrogens with zero attached hydrogens (tertiary/aromatic N) is 3. The molecule has 1 fully saturated rings. The highest BCUT2D eigenvalue weighted by atomic mass is 19.2. The number of carbonyl (C=O) groups is 1. The smallest absolute Gasteiger partial charge is 0.309 e. The number of aliphatic carboxylic acids is 1. The fraction of sp³-hybridized carbons (Fsp3) is 0.448. The summed E-state index contributed by atoms with van der Waals surface area (Å²) >= 11 is 0. The first-order chi connectivity index (χ1) is 19.0. The van der Waals surface area contributed by atoms with Crippen molar-refractivity contribution in [2.24, 2.45) is 5.41 Å². The van der Waals surface area contributed by atoms with Crippen molar-refractivity contribution in [1.82, 2.24) is 9.88 Å². The standard InChI is InChI=1S/C29H34F3N3O5/c1-34(2)23-17-33-22-5-4-19(39-3)16-20(22)26(23)24(36)6-7-29(28(37)38)8-10-35(11-9-29)12-13-40-25-15-18(30)14-21(31)27(25)32/h4-5,14-17,24,36H,6-13H2,1-3H3,(H,37,38). The summed E-state index contributed by atoms with van der Waals surface area (Å²) in [5.74, 6) is -4.29. The number of methoxy groups -OCH3 is 1.